The van der Waals surface area contributed by atoms with Crippen LogP contribution in [0, 0.1) is 0 Å². The van der Waals surface area contributed by atoms with E-state index >= 15 is 0 Å². The second kappa shape index (κ2) is 8.46. The summed E-state index contributed by atoms with van der Waals surface area (Å²) in [6.07, 6.45) is 1.67. The third kappa shape index (κ3) is 3.96. The molecule has 2 aliphatic heterocycles. The van der Waals surface area contributed by atoms with Crippen molar-refractivity contribution in [1.29, 1.82) is 0 Å². The van der Waals surface area contributed by atoms with Gasteiger partial charge in [0.15, 0.2) is 0 Å². The molecule has 0 saturated carbocycles. The minimum atomic E-state index is -1.05. The first-order chi connectivity index (χ1) is 15.3. The Bertz CT molecular complexity index is 1150. The highest BCUT2D eigenvalue weighted by Crippen LogP contribution is 2.34. The van der Waals surface area contributed by atoms with E-state index in [9.17, 15) is 24.0 Å². The molecule has 13 heteroatoms. The maximum absolute atomic E-state index is 13.0. The predicted octanol–water partition coefficient (Wildman–Crippen LogP) is 0.381. The summed E-state index contributed by atoms with van der Waals surface area (Å²) < 4.78 is 7.14. The molecule has 1 fully saturated rings. The average molecular weight is 458 g/mol. The van der Waals surface area contributed by atoms with Crippen LogP contribution >= 0.6 is 8.73 Å². The first kappa shape index (κ1) is 21.6. The van der Waals surface area contributed by atoms with Gasteiger partial charge in [-0.05, 0) is 18.6 Å². The summed E-state index contributed by atoms with van der Waals surface area (Å²) in [5.74, 6) is -2.22. The van der Waals surface area contributed by atoms with Crippen LogP contribution in [0.25, 0.3) is 0 Å². The van der Waals surface area contributed by atoms with Crippen molar-refractivity contribution in [3.63, 3.8) is 0 Å². The molecular weight excluding hydrogens is 439 g/mol. The lowest BCUT2D eigenvalue weighted by Crippen LogP contribution is -2.54. The van der Waals surface area contributed by atoms with Gasteiger partial charge < -0.3 is 9.64 Å². The molecular formula is C19H19N6O6P. The van der Waals surface area contributed by atoms with E-state index in [4.69, 9.17) is 4.74 Å². The van der Waals surface area contributed by atoms with Crippen molar-refractivity contribution in [2.75, 3.05) is 14.1 Å². The maximum Gasteiger partial charge on any atom is 0.266 e. The van der Waals surface area contributed by atoms with Crippen molar-refractivity contribution in [2.45, 2.75) is 25.5 Å². The van der Waals surface area contributed by atoms with Gasteiger partial charge in [-0.3, -0.25) is 34.2 Å². The number of piperidine rings is 1. The van der Waals surface area contributed by atoms with Crippen molar-refractivity contribution >= 4 is 38.0 Å². The number of imide groups is 2. The molecule has 4 rings (SSSR count). The lowest BCUT2D eigenvalue weighted by Gasteiger charge is -2.27. The first-order valence-electron chi connectivity index (χ1n) is 9.63. The van der Waals surface area contributed by atoms with Crippen LogP contribution in [0.5, 0.6) is 5.75 Å². The van der Waals surface area contributed by atoms with Gasteiger partial charge in [0.1, 0.15) is 24.1 Å². The van der Waals surface area contributed by atoms with Crippen LogP contribution in [0.1, 0.15) is 39.3 Å². The summed E-state index contributed by atoms with van der Waals surface area (Å²) in [4.78, 5) is 63.6. The number of aromatic nitrogens is 3. The standard InChI is InChI=1S/C19H19N6O6P/c1-23(2)19(30)32-24-8-10(21-22-24)9-31-13-5-3-4-11-15(13)18(29)25(17(11)28)12-6-7-14(26)20-16(12)27/h3-5,8,12,32H,6-7,9H2,1-2H3,(H,20,26,27). The average Bonchev–Trinajstić information content (AvgIpc) is 3.29. The molecule has 166 valence electrons. The topological polar surface area (TPSA) is 144 Å². The fourth-order valence-corrected chi connectivity index (χ4v) is 4.07. The van der Waals surface area contributed by atoms with Crippen LogP contribution < -0.4 is 10.1 Å². The lowest BCUT2D eigenvalue weighted by atomic mass is 10.0. The van der Waals surface area contributed by atoms with Crippen molar-refractivity contribution < 1.29 is 28.7 Å². The maximum atomic E-state index is 13.0. The molecule has 2 unspecified atom stereocenters. The fraction of sp³-hybridized carbons (Fsp3) is 0.316. The molecule has 0 bridgehead atoms. The normalized spacial score (nSPS) is 18.3. The third-order valence-corrected chi connectivity index (χ3v) is 6.05. The number of carbonyl (C=O) groups excluding carboxylic acids is 5. The van der Waals surface area contributed by atoms with Gasteiger partial charge in [-0.1, -0.05) is 11.3 Å². The molecule has 0 spiro atoms. The predicted molar refractivity (Wildman–Crippen MR) is 110 cm³/mol. The number of nitrogens with one attached hydrogen (secondary N) is 1. The Kier molecular flexibility index (Phi) is 5.70. The molecule has 1 N–H and O–H groups in total. The van der Waals surface area contributed by atoms with E-state index in [-0.39, 0.29) is 50.7 Å². The molecule has 0 radical (unpaired) electrons. The Morgan fingerprint density at radius 1 is 1.25 bits per heavy atom. The highest BCUT2D eigenvalue weighted by Gasteiger charge is 2.46. The molecule has 1 aromatic heterocycles. The van der Waals surface area contributed by atoms with Gasteiger partial charge in [0.25, 0.3) is 17.5 Å². The second-order valence-corrected chi connectivity index (χ2v) is 8.49. The smallest absolute Gasteiger partial charge is 0.266 e. The Morgan fingerprint density at radius 3 is 2.75 bits per heavy atom. The SMILES string of the molecule is CN(C)C(=O)Pn1cc(COc2cccc3c2C(=O)N(C2CCC(=O)NC2=O)C3=O)nn1. The molecule has 1 saturated heterocycles. The summed E-state index contributed by atoms with van der Waals surface area (Å²) in [5, 5.41) is 10.0. The van der Waals surface area contributed by atoms with Gasteiger partial charge in [0, 0.05) is 20.5 Å². The van der Waals surface area contributed by atoms with E-state index in [1.807, 2.05) is 0 Å². The van der Waals surface area contributed by atoms with E-state index in [2.05, 4.69) is 15.6 Å². The van der Waals surface area contributed by atoms with Crippen LogP contribution in [-0.4, -0.2) is 74.0 Å². The number of hydrogen-bond acceptors (Lipinski definition) is 8. The Labute approximate surface area is 183 Å². The van der Waals surface area contributed by atoms with Crippen LogP contribution in [0.15, 0.2) is 24.4 Å². The zero-order valence-electron chi connectivity index (χ0n) is 17.2. The fourth-order valence-electron chi connectivity index (χ4n) is 3.37. The van der Waals surface area contributed by atoms with Gasteiger partial charge >= 0.3 is 0 Å². The molecule has 0 aliphatic carbocycles. The van der Waals surface area contributed by atoms with Gasteiger partial charge in [0.2, 0.25) is 11.8 Å². The number of fused-ring (bicyclic) bond motifs is 1. The van der Waals surface area contributed by atoms with Crippen LogP contribution in [0.3, 0.4) is 0 Å². The van der Waals surface area contributed by atoms with E-state index < -0.39 is 29.7 Å². The highest BCUT2D eigenvalue weighted by molar-refractivity contribution is 7.56. The summed E-state index contributed by atoms with van der Waals surface area (Å²) in [7, 11) is 3.03. The van der Waals surface area contributed by atoms with E-state index in [0.717, 1.165) is 4.90 Å². The van der Waals surface area contributed by atoms with E-state index in [1.165, 1.54) is 15.4 Å². The number of nitrogens with zero attached hydrogens (tertiary/aromatic N) is 5. The third-order valence-electron chi connectivity index (χ3n) is 4.96. The number of ether oxygens (including phenoxy) is 1. The Hall–Kier alpha value is -3.66. The van der Waals surface area contributed by atoms with Crippen LogP contribution in [0.2, 0.25) is 0 Å². The summed E-state index contributed by atoms with van der Waals surface area (Å²) in [6.45, 7) is -0.0447. The lowest BCUT2D eigenvalue weighted by molar-refractivity contribution is -0.136. The number of amides is 5. The van der Waals surface area contributed by atoms with Crippen LogP contribution in [-0.2, 0) is 16.2 Å². The molecule has 32 heavy (non-hydrogen) atoms. The molecule has 1 aromatic carbocycles. The summed E-state index contributed by atoms with van der Waals surface area (Å²) in [5.41, 5.74) is 0.486. The number of carbonyl (C=O) groups is 5. The second-order valence-electron chi connectivity index (χ2n) is 7.38. The van der Waals surface area contributed by atoms with Gasteiger partial charge in [-0.25, -0.2) is 4.45 Å². The van der Waals surface area contributed by atoms with Gasteiger partial charge in [-0.15, -0.1) is 5.10 Å². The molecule has 2 aliphatic rings. The Morgan fingerprint density at radius 2 is 2.03 bits per heavy atom. The quantitative estimate of drug-likeness (QED) is 0.483. The Balaban J connectivity index is 1.50. The molecule has 2 aromatic rings. The van der Waals surface area contributed by atoms with Crippen molar-refractivity contribution in [1.82, 2.24) is 29.9 Å². The zero-order chi connectivity index (χ0) is 23.0. The minimum Gasteiger partial charge on any atom is -0.486 e. The highest BCUT2D eigenvalue weighted by atomic mass is 31.1. The molecule has 3 heterocycles. The summed E-state index contributed by atoms with van der Waals surface area (Å²) in [6, 6.07) is 3.54. The van der Waals surface area contributed by atoms with Crippen LogP contribution in [0.4, 0.5) is 4.79 Å². The van der Waals surface area contributed by atoms with Crippen molar-refractivity contribution in [2.24, 2.45) is 0 Å². The van der Waals surface area contributed by atoms with Gasteiger partial charge in [-0.2, -0.15) is 0 Å². The number of benzene rings is 1. The van der Waals surface area contributed by atoms with Crippen molar-refractivity contribution in [3.05, 3.63) is 41.2 Å². The molecule has 5 amide bonds. The first-order valence-corrected chi connectivity index (χ1v) is 10.6. The monoisotopic (exact) mass is 458 g/mol. The van der Waals surface area contributed by atoms with Crippen molar-refractivity contribution in [3.8, 4) is 5.75 Å². The van der Waals surface area contributed by atoms with E-state index in [1.54, 1.807) is 32.4 Å². The molecule has 2 atom stereocenters. The number of hydrogen-bond donors (Lipinski definition) is 1. The minimum absolute atomic E-state index is 0.0415. The number of rotatable bonds is 6. The largest absolute Gasteiger partial charge is 0.486 e. The molecule has 12 nitrogen and oxygen atoms in total. The van der Waals surface area contributed by atoms with Gasteiger partial charge in [0.05, 0.1) is 26.1 Å². The van der Waals surface area contributed by atoms with E-state index in [0.29, 0.717) is 5.69 Å². The zero-order valence-corrected chi connectivity index (χ0v) is 18.2. The summed E-state index contributed by atoms with van der Waals surface area (Å²) >= 11 is 0.